The molecule has 5 rings (SSSR count). The number of rotatable bonds is 5. The zero-order valence-corrected chi connectivity index (χ0v) is 17.7. The summed E-state index contributed by atoms with van der Waals surface area (Å²) in [6.45, 7) is 5.01. The lowest BCUT2D eigenvalue weighted by atomic mass is 10.0. The molecule has 2 aromatic carbocycles. The normalized spacial score (nSPS) is 20.8. The summed E-state index contributed by atoms with van der Waals surface area (Å²) in [5, 5.41) is 7.35. The molecule has 7 heteroatoms. The van der Waals surface area contributed by atoms with Crippen molar-refractivity contribution >= 4 is 39.8 Å². The predicted octanol–water partition coefficient (Wildman–Crippen LogP) is 4.23. The van der Waals surface area contributed by atoms with Gasteiger partial charge in [-0.25, -0.2) is 0 Å². The van der Waals surface area contributed by atoms with Crippen molar-refractivity contribution in [2.45, 2.75) is 25.7 Å². The van der Waals surface area contributed by atoms with Gasteiger partial charge < -0.3 is 29.8 Å². The minimum absolute atomic E-state index is 0.0146. The third-order valence-corrected chi connectivity index (χ3v) is 5.62. The Labute approximate surface area is 180 Å². The molecule has 1 atom stereocenters. The van der Waals surface area contributed by atoms with Gasteiger partial charge in [0.15, 0.2) is 5.79 Å². The zero-order chi connectivity index (χ0) is 21.6. The molecular formula is C24H25N3O4. The largest absolute Gasteiger partial charge is 0.497 e. The van der Waals surface area contributed by atoms with E-state index in [0.717, 1.165) is 39.2 Å². The molecule has 7 nitrogen and oxygen atoms in total. The first-order valence-corrected chi connectivity index (χ1v) is 10.3. The molecule has 1 aromatic heterocycles. The van der Waals surface area contributed by atoms with Crippen LogP contribution in [-0.4, -0.2) is 43.0 Å². The number of methoxy groups -OCH3 is 1. The van der Waals surface area contributed by atoms with Gasteiger partial charge in [0.2, 0.25) is 0 Å². The minimum atomic E-state index is -0.543. The highest BCUT2D eigenvalue weighted by Crippen LogP contribution is 2.36. The summed E-state index contributed by atoms with van der Waals surface area (Å²) in [7, 11) is 1.64. The molecule has 2 aliphatic heterocycles. The maximum absolute atomic E-state index is 12.7. The smallest absolute Gasteiger partial charge is 0.256 e. The maximum Gasteiger partial charge on any atom is 0.256 e. The average molecular weight is 419 g/mol. The Morgan fingerprint density at radius 3 is 2.90 bits per heavy atom. The van der Waals surface area contributed by atoms with Gasteiger partial charge in [0, 0.05) is 51.7 Å². The Morgan fingerprint density at radius 2 is 2.13 bits per heavy atom. The second kappa shape index (κ2) is 7.44. The summed E-state index contributed by atoms with van der Waals surface area (Å²) in [5.41, 5.74) is 5.16. The van der Waals surface area contributed by atoms with Crippen LogP contribution in [0.5, 0.6) is 5.75 Å². The summed E-state index contributed by atoms with van der Waals surface area (Å²) in [6, 6.07) is 11.7. The van der Waals surface area contributed by atoms with E-state index in [1.54, 1.807) is 7.11 Å². The van der Waals surface area contributed by atoms with E-state index in [2.05, 4.69) is 15.6 Å². The van der Waals surface area contributed by atoms with Crippen LogP contribution in [0.3, 0.4) is 0 Å². The van der Waals surface area contributed by atoms with Crippen molar-refractivity contribution < 1.29 is 19.0 Å². The fourth-order valence-corrected chi connectivity index (χ4v) is 4.06. The van der Waals surface area contributed by atoms with E-state index in [-0.39, 0.29) is 12.0 Å². The standard InChI is InChI=1S/C24H25N3O4/c1-24(2)30-13-17(31-24)12-25-15-4-6-22-19(9-15)20(23(28)27-22)8-14-11-26-21-7-5-16(29-3)10-18(14)21/h4-11,17,25-26H,12-13H2,1-3H3,(H,27,28)/b20-8+. The van der Waals surface area contributed by atoms with Crippen LogP contribution in [0.2, 0.25) is 0 Å². The number of aromatic amines is 1. The van der Waals surface area contributed by atoms with E-state index in [1.165, 1.54) is 0 Å². The van der Waals surface area contributed by atoms with Crippen molar-refractivity contribution in [3.63, 3.8) is 0 Å². The van der Waals surface area contributed by atoms with E-state index in [1.807, 2.05) is 62.5 Å². The molecule has 31 heavy (non-hydrogen) atoms. The molecule has 0 aliphatic carbocycles. The van der Waals surface area contributed by atoms with Gasteiger partial charge in [-0.1, -0.05) is 0 Å². The molecule has 160 valence electrons. The van der Waals surface area contributed by atoms with Gasteiger partial charge in [-0.05, 0) is 56.3 Å². The lowest BCUT2D eigenvalue weighted by Crippen LogP contribution is -2.26. The second-order valence-electron chi connectivity index (χ2n) is 8.26. The first-order chi connectivity index (χ1) is 14.9. The molecule has 2 aliphatic rings. The fourth-order valence-electron chi connectivity index (χ4n) is 4.06. The molecule has 0 bridgehead atoms. The van der Waals surface area contributed by atoms with Crippen molar-refractivity contribution in [3.8, 4) is 5.75 Å². The molecule has 1 unspecified atom stereocenters. The summed E-state index contributed by atoms with van der Waals surface area (Å²) in [4.78, 5) is 15.9. The molecule has 1 fully saturated rings. The molecule has 3 heterocycles. The van der Waals surface area contributed by atoms with Gasteiger partial charge in [-0.3, -0.25) is 4.79 Å². The first kappa shape index (κ1) is 19.7. The number of hydrogen-bond acceptors (Lipinski definition) is 5. The van der Waals surface area contributed by atoms with Crippen LogP contribution < -0.4 is 15.4 Å². The number of aromatic nitrogens is 1. The quantitative estimate of drug-likeness (QED) is 0.539. The van der Waals surface area contributed by atoms with Crippen molar-refractivity contribution in [1.29, 1.82) is 0 Å². The summed E-state index contributed by atoms with van der Waals surface area (Å²) in [6.07, 6.45) is 3.81. The lowest BCUT2D eigenvalue weighted by Gasteiger charge is -2.17. The number of H-pyrrole nitrogens is 1. The predicted molar refractivity (Wildman–Crippen MR) is 121 cm³/mol. The Bertz CT molecular complexity index is 1190. The van der Waals surface area contributed by atoms with Crippen LogP contribution in [0.1, 0.15) is 25.0 Å². The van der Waals surface area contributed by atoms with Crippen LogP contribution in [-0.2, 0) is 14.3 Å². The third kappa shape index (κ3) is 3.78. The summed E-state index contributed by atoms with van der Waals surface area (Å²) < 4.78 is 16.8. The highest BCUT2D eigenvalue weighted by Gasteiger charge is 2.32. The topological polar surface area (TPSA) is 84.6 Å². The molecular weight excluding hydrogens is 394 g/mol. The summed E-state index contributed by atoms with van der Waals surface area (Å²) >= 11 is 0. The highest BCUT2D eigenvalue weighted by atomic mass is 16.7. The van der Waals surface area contributed by atoms with Crippen molar-refractivity contribution in [2.75, 3.05) is 30.9 Å². The number of benzene rings is 2. The van der Waals surface area contributed by atoms with Crippen molar-refractivity contribution in [2.24, 2.45) is 0 Å². The van der Waals surface area contributed by atoms with E-state index in [4.69, 9.17) is 14.2 Å². The Morgan fingerprint density at radius 1 is 1.26 bits per heavy atom. The highest BCUT2D eigenvalue weighted by molar-refractivity contribution is 6.35. The lowest BCUT2D eigenvalue weighted by molar-refractivity contribution is -0.136. The van der Waals surface area contributed by atoms with Crippen LogP contribution in [0.4, 0.5) is 11.4 Å². The Hall–Kier alpha value is -3.29. The van der Waals surface area contributed by atoms with Gasteiger partial charge in [0.05, 0.1) is 13.7 Å². The number of carbonyl (C=O) groups is 1. The zero-order valence-electron chi connectivity index (χ0n) is 17.7. The second-order valence-corrected chi connectivity index (χ2v) is 8.26. The van der Waals surface area contributed by atoms with Crippen LogP contribution in [0.15, 0.2) is 42.6 Å². The van der Waals surface area contributed by atoms with Crippen LogP contribution >= 0.6 is 0 Å². The Balaban J connectivity index is 1.42. The molecule has 0 saturated carbocycles. The van der Waals surface area contributed by atoms with E-state index < -0.39 is 5.79 Å². The van der Waals surface area contributed by atoms with E-state index in [0.29, 0.717) is 18.7 Å². The number of fused-ring (bicyclic) bond motifs is 2. The molecule has 3 aromatic rings. The number of hydrogen-bond donors (Lipinski definition) is 3. The summed E-state index contributed by atoms with van der Waals surface area (Å²) in [5.74, 6) is 0.118. The molecule has 1 amide bonds. The number of nitrogens with one attached hydrogen (secondary N) is 3. The number of anilines is 2. The number of ether oxygens (including phenoxy) is 3. The van der Waals surface area contributed by atoms with E-state index in [9.17, 15) is 4.79 Å². The molecule has 1 saturated heterocycles. The van der Waals surface area contributed by atoms with E-state index >= 15 is 0 Å². The van der Waals surface area contributed by atoms with Gasteiger partial charge in [-0.2, -0.15) is 0 Å². The SMILES string of the molecule is COc1ccc2[nH]cc(/C=C3/C(=O)Nc4ccc(NCC5COC(C)(C)O5)cc43)c2c1. The van der Waals surface area contributed by atoms with Crippen LogP contribution in [0, 0.1) is 0 Å². The monoisotopic (exact) mass is 419 g/mol. The molecule has 3 N–H and O–H groups in total. The van der Waals surface area contributed by atoms with Gasteiger partial charge in [-0.15, -0.1) is 0 Å². The number of amides is 1. The van der Waals surface area contributed by atoms with Gasteiger partial charge in [0.1, 0.15) is 11.9 Å². The minimum Gasteiger partial charge on any atom is -0.497 e. The molecule has 0 radical (unpaired) electrons. The van der Waals surface area contributed by atoms with Gasteiger partial charge in [0.25, 0.3) is 5.91 Å². The molecule has 0 spiro atoms. The van der Waals surface area contributed by atoms with Crippen LogP contribution in [0.25, 0.3) is 22.6 Å². The van der Waals surface area contributed by atoms with Crippen molar-refractivity contribution in [1.82, 2.24) is 4.98 Å². The average Bonchev–Trinajstić information content (AvgIpc) is 3.41. The van der Waals surface area contributed by atoms with Gasteiger partial charge >= 0.3 is 0 Å². The fraction of sp³-hybridized carbons (Fsp3) is 0.292. The number of carbonyl (C=O) groups excluding carboxylic acids is 1. The first-order valence-electron chi connectivity index (χ1n) is 10.3. The van der Waals surface area contributed by atoms with Crippen molar-refractivity contribution in [3.05, 3.63) is 53.7 Å². The Kier molecular flexibility index (Phi) is 4.72. The third-order valence-electron chi connectivity index (χ3n) is 5.62. The maximum atomic E-state index is 12.7.